The molecule has 2 aromatic rings. The van der Waals surface area contributed by atoms with Crippen molar-refractivity contribution in [3.05, 3.63) is 17.5 Å². The maximum atomic E-state index is 11.5. The average Bonchev–Trinajstić information content (AvgIpc) is 3.01. The van der Waals surface area contributed by atoms with Crippen LogP contribution in [0.2, 0.25) is 0 Å². The van der Waals surface area contributed by atoms with E-state index in [2.05, 4.69) is 27.9 Å². The highest BCUT2D eigenvalue weighted by Crippen LogP contribution is 2.35. The van der Waals surface area contributed by atoms with Crippen LogP contribution in [-0.2, 0) is 24.2 Å². The lowest BCUT2D eigenvalue weighted by molar-refractivity contribution is -0.114. The number of nitrogens with zero attached hydrogens (tertiary/aromatic N) is 2. The number of benzene rings is 1. The zero-order valence-corrected chi connectivity index (χ0v) is 12.7. The summed E-state index contributed by atoms with van der Waals surface area (Å²) < 4.78 is 2.26. The number of nitrogens with one attached hydrogen (secondary N) is 1. The molecule has 0 fully saturated rings. The Labute approximate surface area is 124 Å². The summed E-state index contributed by atoms with van der Waals surface area (Å²) in [5.41, 5.74) is 10.7. The van der Waals surface area contributed by atoms with Crippen LogP contribution in [-0.4, -0.2) is 15.5 Å². The van der Waals surface area contributed by atoms with Crippen LogP contribution in [0.25, 0.3) is 11.0 Å². The quantitative estimate of drug-likeness (QED) is 0.849. The fraction of sp³-hybridized carbons (Fsp3) is 0.500. The van der Waals surface area contributed by atoms with Gasteiger partial charge in [-0.15, -0.1) is 0 Å². The summed E-state index contributed by atoms with van der Waals surface area (Å²) in [4.78, 5) is 16.1. The molecule has 3 N–H and O–H groups in total. The van der Waals surface area contributed by atoms with E-state index in [9.17, 15) is 4.79 Å². The molecule has 0 saturated carbocycles. The van der Waals surface area contributed by atoms with Crippen molar-refractivity contribution in [3.63, 3.8) is 0 Å². The van der Waals surface area contributed by atoms with Crippen molar-refractivity contribution in [1.29, 1.82) is 0 Å². The van der Waals surface area contributed by atoms with Crippen molar-refractivity contribution in [2.24, 2.45) is 0 Å². The Kier molecular flexibility index (Phi) is 3.57. The molecular weight excluding hydrogens is 264 g/mol. The van der Waals surface area contributed by atoms with Crippen LogP contribution in [0.4, 0.5) is 11.4 Å². The van der Waals surface area contributed by atoms with Gasteiger partial charge in [0.15, 0.2) is 0 Å². The van der Waals surface area contributed by atoms with Gasteiger partial charge in [-0.1, -0.05) is 13.3 Å². The number of amides is 1. The second-order valence-electron chi connectivity index (χ2n) is 5.76. The Morgan fingerprint density at radius 3 is 3.05 bits per heavy atom. The monoisotopic (exact) mass is 286 g/mol. The lowest BCUT2D eigenvalue weighted by Crippen LogP contribution is -2.11. The Morgan fingerprint density at radius 2 is 2.33 bits per heavy atom. The van der Waals surface area contributed by atoms with E-state index in [1.807, 2.05) is 0 Å². The summed E-state index contributed by atoms with van der Waals surface area (Å²) in [5, 5.41) is 2.89. The Balaban J connectivity index is 2.17. The molecule has 0 unspecified atom stereocenters. The standard InChI is InChI=1S/C16H22N4O/c1-3-4-6-11-9-12-16(14(17)15(11)18-10(2)21)19-13-7-5-8-20(12)13/h9H,3-8,17H2,1-2H3,(H,18,21). The fourth-order valence-electron chi connectivity index (χ4n) is 3.11. The van der Waals surface area contributed by atoms with Gasteiger partial charge in [0.2, 0.25) is 5.91 Å². The van der Waals surface area contributed by atoms with Crippen LogP contribution >= 0.6 is 0 Å². The van der Waals surface area contributed by atoms with Crippen molar-refractivity contribution in [3.8, 4) is 0 Å². The predicted octanol–water partition coefficient (Wildman–Crippen LogP) is 2.87. The van der Waals surface area contributed by atoms with E-state index in [-0.39, 0.29) is 5.91 Å². The minimum atomic E-state index is -0.0921. The van der Waals surface area contributed by atoms with Crippen LogP contribution in [0, 0.1) is 0 Å². The minimum Gasteiger partial charge on any atom is -0.395 e. The highest BCUT2D eigenvalue weighted by molar-refractivity contribution is 6.02. The molecule has 3 rings (SSSR count). The normalized spacial score (nSPS) is 13.6. The summed E-state index contributed by atoms with van der Waals surface area (Å²) in [5.74, 6) is 1.02. The number of aryl methyl sites for hydroxylation is 3. The number of carbonyl (C=O) groups excluding carboxylic acids is 1. The van der Waals surface area contributed by atoms with Crippen LogP contribution in [0.3, 0.4) is 0 Å². The number of carbonyl (C=O) groups is 1. The van der Waals surface area contributed by atoms with Gasteiger partial charge in [-0.3, -0.25) is 4.79 Å². The molecule has 1 aromatic carbocycles. The van der Waals surface area contributed by atoms with E-state index in [4.69, 9.17) is 5.73 Å². The third-order valence-electron chi connectivity index (χ3n) is 4.13. The minimum absolute atomic E-state index is 0.0921. The molecule has 0 atom stereocenters. The Morgan fingerprint density at radius 1 is 1.52 bits per heavy atom. The smallest absolute Gasteiger partial charge is 0.221 e. The van der Waals surface area contributed by atoms with Crippen molar-refractivity contribution < 1.29 is 4.79 Å². The molecule has 0 spiro atoms. The van der Waals surface area contributed by atoms with Gasteiger partial charge in [-0.25, -0.2) is 4.98 Å². The lowest BCUT2D eigenvalue weighted by Gasteiger charge is -2.14. The van der Waals surface area contributed by atoms with Crippen LogP contribution in [0.1, 0.15) is 44.5 Å². The summed E-state index contributed by atoms with van der Waals surface area (Å²) in [6.07, 6.45) is 5.27. The largest absolute Gasteiger partial charge is 0.395 e. The van der Waals surface area contributed by atoms with Crippen LogP contribution in [0.15, 0.2) is 6.07 Å². The summed E-state index contributed by atoms with van der Waals surface area (Å²) in [6, 6.07) is 2.16. The van der Waals surface area contributed by atoms with Crippen LogP contribution in [0.5, 0.6) is 0 Å². The van der Waals surface area contributed by atoms with Gasteiger partial charge in [0.25, 0.3) is 0 Å². The van der Waals surface area contributed by atoms with Gasteiger partial charge >= 0.3 is 0 Å². The van der Waals surface area contributed by atoms with Gasteiger partial charge < -0.3 is 15.6 Å². The molecule has 21 heavy (non-hydrogen) atoms. The fourth-order valence-corrected chi connectivity index (χ4v) is 3.11. The third kappa shape index (κ3) is 2.37. The number of rotatable bonds is 4. The molecule has 5 nitrogen and oxygen atoms in total. The zero-order chi connectivity index (χ0) is 15.0. The SMILES string of the molecule is CCCCc1cc2c(nc3n2CCC3)c(N)c1NC(C)=O. The van der Waals surface area contributed by atoms with E-state index in [1.165, 1.54) is 6.92 Å². The summed E-state index contributed by atoms with van der Waals surface area (Å²) >= 11 is 0. The average molecular weight is 286 g/mol. The first-order valence-electron chi connectivity index (χ1n) is 7.70. The molecule has 1 aliphatic heterocycles. The maximum absolute atomic E-state index is 11.5. The first-order chi connectivity index (χ1) is 10.1. The van der Waals surface area contributed by atoms with Crippen molar-refractivity contribution in [2.45, 2.75) is 52.5 Å². The van der Waals surface area contributed by atoms with E-state index in [0.29, 0.717) is 5.69 Å². The number of unbranched alkanes of at least 4 members (excludes halogenated alkanes) is 1. The Hall–Kier alpha value is -2.04. The second kappa shape index (κ2) is 5.39. The van der Waals surface area contributed by atoms with Crippen molar-refractivity contribution in [1.82, 2.24) is 9.55 Å². The number of nitrogen functional groups attached to an aromatic ring is 1. The predicted molar refractivity (Wildman–Crippen MR) is 85.4 cm³/mol. The molecule has 112 valence electrons. The molecule has 5 heteroatoms. The highest BCUT2D eigenvalue weighted by Gasteiger charge is 2.21. The highest BCUT2D eigenvalue weighted by atomic mass is 16.1. The summed E-state index contributed by atoms with van der Waals surface area (Å²) in [6.45, 7) is 4.69. The lowest BCUT2D eigenvalue weighted by atomic mass is 10.0. The molecule has 1 amide bonds. The van der Waals surface area contributed by atoms with Gasteiger partial charge in [-0.05, 0) is 30.9 Å². The zero-order valence-electron chi connectivity index (χ0n) is 12.7. The first-order valence-corrected chi connectivity index (χ1v) is 7.70. The van der Waals surface area contributed by atoms with E-state index >= 15 is 0 Å². The number of hydrogen-bond acceptors (Lipinski definition) is 3. The molecule has 0 saturated heterocycles. The summed E-state index contributed by atoms with van der Waals surface area (Å²) in [7, 11) is 0. The van der Waals surface area contributed by atoms with E-state index in [0.717, 1.165) is 66.8 Å². The Bertz CT molecular complexity index is 702. The third-order valence-corrected chi connectivity index (χ3v) is 4.13. The van der Waals surface area contributed by atoms with Crippen molar-refractivity contribution in [2.75, 3.05) is 11.1 Å². The maximum Gasteiger partial charge on any atom is 0.221 e. The number of imidazole rings is 1. The molecular formula is C16H22N4O. The number of nitrogens with two attached hydrogens (primary N) is 1. The van der Waals surface area contributed by atoms with E-state index < -0.39 is 0 Å². The molecule has 2 heterocycles. The number of hydrogen-bond donors (Lipinski definition) is 2. The second-order valence-corrected chi connectivity index (χ2v) is 5.76. The van der Waals surface area contributed by atoms with Gasteiger partial charge in [0.1, 0.15) is 11.3 Å². The van der Waals surface area contributed by atoms with E-state index in [1.54, 1.807) is 0 Å². The number of aromatic nitrogens is 2. The topological polar surface area (TPSA) is 72.9 Å². The van der Waals surface area contributed by atoms with Crippen molar-refractivity contribution >= 4 is 28.3 Å². The van der Waals surface area contributed by atoms with Crippen LogP contribution < -0.4 is 11.1 Å². The number of anilines is 2. The molecule has 1 aliphatic rings. The van der Waals surface area contributed by atoms with Gasteiger partial charge in [0.05, 0.1) is 16.9 Å². The molecule has 0 radical (unpaired) electrons. The molecule has 1 aromatic heterocycles. The molecule has 0 aliphatic carbocycles. The van der Waals surface area contributed by atoms with Gasteiger partial charge in [0, 0.05) is 19.9 Å². The first kappa shape index (κ1) is 13.9. The number of fused-ring (bicyclic) bond motifs is 3. The molecule has 0 bridgehead atoms. The van der Waals surface area contributed by atoms with Gasteiger partial charge in [-0.2, -0.15) is 0 Å².